The lowest BCUT2D eigenvalue weighted by Gasteiger charge is -2.11. The fourth-order valence-electron chi connectivity index (χ4n) is 4.89. The van der Waals surface area contributed by atoms with Gasteiger partial charge in [0.25, 0.3) is 0 Å². The summed E-state index contributed by atoms with van der Waals surface area (Å²) in [5.41, 5.74) is 10.1. The number of hydrogen-bond donors (Lipinski definition) is 0. The van der Waals surface area contributed by atoms with Gasteiger partial charge < -0.3 is 0 Å². The minimum absolute atomic E-state index is 0.699. The highest BCUT2D eigenvalue weighted by atomic mass is 14.9. The standard InChI is InChI=1S/C37H25N5/c1-3-11-27(12-4-1)33-25-34(42-37(41-33)29-13-5-2-6-14-29)28-19-17-26(18-20-28)30-23-35(31-15-7-9-21-38-31)40-36(24-30)32-16-8-10-22-39-32/h1-25H. The normalized spacial score (nSPS) is 10.9. The SMILES string of the molecule is c1ccc(-c2cc(-c3ccc(-c4cc(-c5ccccn5)nc(-c5ccccn5)c4)cc3)nc(-c3ccccc3)n2)cc1. The predicted octanol–water partition coefficient (Wildman–Crippen LogP) is 8.66. The van der Waals surface area contributed by atoms with E-state index in [2.05, 4.69) is 64.6 Å². The van der Waals surface area contributed by atoms with Crippen molar-refractivity contribution in [1.82, 2.24) is 24.9 Å². The van der Waals surface area contributed by atoms with Crippen molar-refractivity contribution in [2.45, 2.75) is 0 Å². The average Bonchev–Trinajstić information content (AvgIpc) is 3.09. The van der Waals surface area contributed by atoms with Crippen LogP contribution in [0, 0.1) is 0 Å². The summed E-state index contributed by atoms with van der Waals surface area (Å²) in [5, 5.41) is 0. The predicted molar refractivity (Wildman–Crippen MR) is 168 cm³/mol. The summed E-state index contributed by atoms with van der Waals surface area (Å²) < 4.78 is 0. The van der Waals surface area contributed by atoms with E-state index in [0.717, 1.165) is 62.0 Å². The molecule has 0 spiro atoms. The second kappa shape index (κ2) is 11.4. The number of aromatic nitrogens is 5. The molecule has 0 fully saturated rings. The van der Waals surface area contributed by atoms with Gasteiger partial charge in [-0.25, -0.2) is 15.0 Å². The molecule has 7 aromatic rings. The van der Waals surface area contributed by atoms with Gasteiger partial charge in [-0.1, -0.05) is 97.1 Å². The summed E-state index contributed by atoms with van der Waals surface area (Å²) in [5.74, 6) is 0.699. The molecule has 198 valence electrons. The molecule has 0 radical (unpaired) electrons. The van der Waals surface area contributed by atoms with Gasteiger partial charge in [0.05, 0.1) is 34.2 Å². The van der Waals surface area contributed by atoms with Crippen LogP contribution in [0.15, 0.2) is 152 Å². The van der Waals surface area contributed by atoms with Crippen molar-refractivity contribution in [1.29, 1.82) is 0 Å². The zero-order chi connectivity index (χ0) is 28.1. The van der Waals surface area contributed by atoms with Crippen LogP contribution in [-0.2, 0) is 0 Å². The number of pyridine rings is 3. The molecular weight excluding hydrogens is 514 g/mol. The quantitative estimate of drug-likeness (QED) is 0.212. The molecule has 0 atom stereocenters. The van der Waals surface area contributed by atoms with Crippen LogP contribution < -0.4 is 0 Å². The van der Waals surface area contributed by atoms with E-state index in [0.29, 0.717) is 5.82 Å². The first-order valence-corrected chi connectivity index (χ1v) is 13.8. The highest BCUT2D eigenvalue weighted by Crippen LogP contribution is 2.32. The number of benzene rings is 3. The Morgan fingerprint density at radius 1 is 0.286 bits per heavy atom. The van der Waals surface area contributed by atoms with Crippen LogP contribution in [0.4, 0.5) is 0 Å². The summed E-state index contributed by atoms with van der Waals surface area (Å²) >= 11 is 0. The largest absolute Gasteiger partial charge is 0.255 e. The van der Waals surface area contributed by atoms with E-state index in [-0.39, 0.29) is 0 Å². The summed E-state index contributed by atoms with van der Waals surface area (Å²) in [4.78, 5) is 23.9. The van der Waals surface area contributed by atoms with Crippen molar-refractivity contribution >= 4 is 0 Å². The summed E-state index contributed by atoms with van der Waals surface area (Å²) in [6.45, 7) is 0. The maximum absolute atomic E-state index is 4.97. The Balaban J connectivity index is 1.31. The molecule has 0 aliphatic carbocycles. The van der Waals surface area contributed by atoms with E-state index in [1.807, 2.05) is 84.9 Å². The minimum Gasteiger partial charge on any atom is -0.255 e. The van der Waals surface area contributed by atoms with Gasteiger partial charge in [0, 0.05) is 29.1 Å². The van der Waals surface area contributed by atoms with Crippen LogP contribution in [0.3, 0.4) is 0 Å². The maximum atomic E-state index is 4.97. The molecule has 5 nitrogen and oxygen atoms in total. The van der Waals surface area contributed by atoms with Crippen molar-refractivity contribution in [3.8, 4) is 67.8 Å². The Morgan fingerprint density at radius 2 is 0.762 bits per heavy atom. The smallest absolute Gasteiger partial charge is 0.160 e. The molecule has 0 bridgehead atoms. The second-order valence-electron chi connectivity index (χ2n) is 9.83. The van der Waals surface area contributed by atoms with Gasteiger partial charge in [-0.2, -0.15) is 0 Å². The van der Waals surface area contributed by atoms with Gasteiger partial charge >= 0.3 is 0 Å². The van der Waals surface area contributed by atoms with Gasteiger partial charge in [-0.3, -0.25) is 9.97 Å². The minimum atomic E-state index is 0.699. The van der Waals surface area contributed by atoms with Crippen LogP contribution in [0.5, 0.6) is 0 Å². The van der Waals surface area contributed by atoms with Crippen LogP contribution in [-0.4, -0.2) is 24.9 Å². The molecule has 42 heavy (non-hydrogen) atoms. The zero-order valence-electron chi connectivity index (χ0n) is 22.7. The first kappa shape index (κ1) is 25.2. The molecule has 4 aromatic heterocycles. The Labute approximate surface area is 244 Å². The highest BCUT2D eigenvalue weighted by Gasteiger charge is 2.13. The molecule has 0 amide bonds. The lowest BCUT2D eigenvalue weighted by molar-refractivity contribution is 1.18. The van der Waals surface area contributed by atoms with E-state index in [1.165, 1.54) is 0 Å². The fourth-order valence-corrected chi connectivity index (χ4v) is 4.89. The molecule has 7 rings (SSSR count). The van der Waals surface area contributed by atoms with Crippen LogP contribution in [0.2, 0.25) is 0 Å². The topological polar surface area (TPSA) is 64.5 Å². The number of hydrogen-bond acceptors (Lipinski definition) is 5. The third kappa shape index (κ3) is 5.31. The Morgan fingerprint density at radius 3 is 1.29 bits per heavy atom. The summed E-state index contributed by atoms with van der Waals surface area (Å²) in [6, 6.07) is 46.7. The molecule has 3 aromatic carbocycles. The monoisotopic (exact) mass is 539 g/mol. The zero-order valence-corrected chi connectivity index (χ0v) is 22.7. The molecule has 0 N–H and O–H groups in total. The van der Waals surface area contributed by atoms with Crippen LogP contribution in [0.25, 0.3) is 67.8 Å². The van der Waals surface area contributed by atoms with Gasteiger partial charge in [0.1, 0.15) is 0 Å². The third-order valence-electron chi connectivity index (χ3n) is 7.02. The first-order chi connectivity index (χ1) is 20.8. The lowest BCUT2D eigenvalue weighted by atomic mass is 10.00. The first-order valence-electron chi connectivity index (χ1n) is 13.8. The van der Waals surface area contributed by atoms with Crippen molar-refractivity contribution in [2.75, 3.05) is 0 Å². The highest BCUT2D eigenvalue weighted by molar-refractivity contribution is 5.77. The Kier molecular flexibility index (Phi) is 6.81. The van der Waals surface area contributed by atoms with Crippen molar-refractivity contribution in [3.63, 3.8) is 0 Å². The summed E-state index contributed by atoms with van der Waals surface area (Å²) in [7, 11) is 0. The average molecular weight is 540 g/mol. The summed E-state index contributed by atoms with van der Waals surface area (Å²) in [6.07, 6.45) is 3.57. The molecule has 5 heteroatoms. The van der Waals surface area contributed by atoms with Gasteiger partial charge in [-0.05, 0) is 53.6 Å². The molecule has 0 saturated carbocycles. The number of rotatable bonds is 6. The van der Waals surface area contributed by atoms with Gasteiger partial charge in [0.15, 0.2) is 5.82 Å². The molecule has 4 heterocycles. The van der Waals surface area contributed by atoms with Gasteiger partial charge in [0.2, 0.25) is 0 Å². The van der Waals surface area contributed by atoms with Crippen LogP contribution in [0.1, 0.15) is 0 Å². The lowest BCUT2D eigenvalue weighted by Crippen LogP contribution is -1.96. The van der Waals surface area contributed by atoms with E-state index in [9.17, 15) is 0 Å². The Bertz CT molecular complexity index is 1680. The molecular formula is C37H25N5. The second-order valence-corrected chi connectivity index (χ2v) is 9.83. The van der Waals surface area contributed by atoms with Crippen LogP contribution >= 0.6 is 0 Å². The fraction of sp³-hybridized carbons (Fsp3) is 0. The number of nitrogens with zero attached hydrogens (tertiary/aromatic N) is 5. The van der Waals surface area contributed by atoms with Crippen molar-refractivity contribution < 1.29 is 0 Å². The third-order valence-corrected chi connectivity index (χ3v) is 7.02. The van der Waals surface area contributed by atoms with Crippen molar-refractivity contribution in [2.24, 2.45) is 0 Å². The van der Waals surface area contributed by atoms with Gasteiger partial charge in [-0.15, -0.1) is 0 Å². The van der Waals surface area contributed by atoms with E-state index in [1.54, 1.807) is 12.4 Å². The Hall–Kier alpha value is -5.81. The molecule has 0 aliphatic rings. The molecule has 0 saturated heterocycles. The molecule has 0 unspecified atom stereocenters. The van der Waals surface area contributed by atoms with E-state index >= 15 is 0 Å². The molecule has 0 aliphatic heterocycles. The van der Waals surface area contributed by atoms with E-state index in [4.69, 9.17) is 15.0 Å². The van der Waals surface area contributed by atoms with Crippen molar-refractivity contribution in [3.05, 3.63) is 152 Å². The maximum Gasteiger partial charge on any atom is 0.160 e. The van der Waals surface area contributed by atoms with E-state index < -0.39 is 0 Å².